The van der Waals surface area contributed by atoms with Crippen molar-refractivity contribution >= 4 is 22.7 Å². The van der Waals surface area contributed by atoms with Gasteiger partial charge in [-0.15, -0.1) is 0 Å². The van der Waals surface area contributed by atoms with E-state index in [1.54, 1.807) is 19.9 Å². The van der Waals surface area contributed by atoms with Crippen molar-refractivity contribution in [2.75, 3.05) is 0 Å². The van der Waals surface area contributed by atoms with Crippen LogP contribution in [-0.2, 0) is 12.7 Å². The highest BCUT2D eigenvalue weighted by molar-refractivity contribution is 6.02. The van der Waals surface area contributed by atoms with E-state index in [1.165, 1.54) is 10.6 Å². The second-order valence-electron chi connectivity index (χ2n) is 8.90. The number of nitrogens with one attached hydrogen (secondary N) is 1. The zero-order valence-electron chi connectivity index (χ0n) is 19.4. The Kier molecular flexibility index (Phi) is 6.61. The number of nitrogens with zero attached hydrogens (tertiary/aromatic N) is 2. The predicted molar refractivity (Wildman–Crippen MR) is 120 cm³/mol. The molecule has 3 aromatic rings. The van der Waals surface area contributed by atoms with E-state index in [4.69, 9.17) is 0 Å². The molecule has 1 amide bonds. The van der Waals surface area contributed by atoms with Crippen molar-refractivity contribution in [1.29, 1.82) is 0 Å². The fourth-order valence-electron chi connectivity index (χ4n) is 4.19. The van der Waals surface area contributed by atoms with E-state index in [2.05, 4.69) is 10.3 Å². The molecule has 2 aromatic heterocycles. The Bertz CT molecular complexity index is 1320. The van der Waals surface area contributed by atoms with Gasteiger partial charge in [0.15, 0.2) is 5.78 Å². The van der Waals surface area contributed by atoms with Crippen LogP contribution in [0.3, 0.4) is 0 Å². The summed E-state index contributed by atoms with van der Waals surface area (Å²) in [6, 6.07) is 5.97. The molecule has 1 N–H and O–H groups in total. The van der Waals surface area contributed by atoms with Gasteiger partial charge in [0, 0.05) is 24.4 Å². The van der Waals surface area contributed by atoms with Crippen LogP contribution in [0.4, 0.5) is 26.3 Å². The second-order valence-corrected chi connectivity index (χ2v) is 8.90. The fourth-order valence-corrected chi connectivity index (χ4v) is 4.19. The van der Waals surface area contributed by atoms with E-state index < -0.39 is 41.6 Å². The van der Waals surface area contributed by atoms with Crippen LogP contribution in [-0.4, -0.2) is 33.5 Å². The minimum atomic E-state index is -4.95. The number of aryl methyl sites for hydroxylation is 2. The molecule has 1 aliphatic rings. The Balaban J connectivity index is 1.70. The van der Waals surface area contributed by atoms with Gasteiger partial charge in [-0.1, -0.05) is 18.2 Å². The summed E-state index contributed by atoms with van der Waals surface area (Å²) in [5.74, 6) is -3.63. The number of halogens is 6. The number of carbonyl (C=O) groups excluding carboxylic acids is 2. The first-order valence-electron chi connectivity index (χ1n) is 11.4. The molecule has 5 nitrogen and oxygen atoms in total. The third kappa shape index (κ3) is 5.24. The largest absolute Gasteiger partial charge is 0.416 e. The number of pyridine rings is 1. The number of alkyl halides is 6. The fraction of sp³-hybridized carbons (Fsp3) is 0.400. The molecule has 0 radical (unpaired) electrons. The van der Waals surface area contributed by atoms with Crippen molar-refractivity contribution in [3.8, 4) is 0 Å². The van der Waals surface area contributed by atoms with Gasteiger partial charge in [0.25, 0.3) is 5.91 Å². The minimum absolute atomic E-state index is 0.0552. The number of ketones is 1. The van der Waals surface area contributed by atoms with Crippen molar-refractivity contribution in [3.05, 3.63) is 64.5 Å². The molecule has 36 heavy (non-hydrogen) atoms. The number of amides is 1. The van der Waals surface area contributed by atoms with Crippen molar-refractivity contribution < 1.29 is 35.9 Å². The van der Waals surface area contributed by atoms with Crippen LogP contribution in [0.1, 0.15) is 69.8 Å². The second kappa shape index (κ2) is 9.25. The van der Waals surface area contributed by atoms with Gasteiger partial charge in [0.1, 0.15) is 5.65 Å². The highest BCUT2D eigenvalue weighted by Gasteiger charge is 2.43. The van der Waals surface area contributed by atoms with Crippen LogP contribution in [0.2, 0.25) is 0 Å². The van der Waals surface area contributed by atoms with Crippen molar-refractivity contribution in [2.45, 2.75) is 64.0 Å². The molecule has 0 aliphatic heterocycles. The zero-order valence-corrected chi connectivity index (χ0v) is 19.4. The lowest BCUT2D eigenvalue weighted by Crippen LogP contribution is -2.26. The standard InChI is InChI=1S/C25H23F6N3O2/c1-3-34-20(11-15-10-18(13(2)32-22(15)34)23(36)33-17-7-8-17)21(35)12-19(25(29,30)31)14-5-4-6-16(9-14)24(26,27)28/h4-6,9-11,17,19H,3,7-8,12H2,1-2H3,(H,33,36). The summed E-state index contributed by atoms with van der Waals surface area (Å²) in [5, 5.41) is 3.26. The molecule has 0 spiro atoms. The van der Waals surface area contributed by atoms with Gasteiger partial charge in [0.2, 0.25) is 0 Å². The molecule has 1 saturated carbocycles. The summed E-state index contributed by atoms with van der Waals surface area (Å²) in [7, 11) is 0. The van der Waals surface area contributed by atoms with Gasteiger partial charge in [-0.3, -0.25) is 9.59 Å². The molecule has 2 heterocycles. The van der Waals surface area contributed by atoms with E-state index >= 15 is 0 Å². The normalized spacial score (nSPS) is 15.2. The molecule has 1 atom stereocenters. The van der Waals surface area contributed by atoms with Crippen LogP contribution < -0.4 is 5.32 Å². The number of hydrogen-bond acceptors (Lipinski definition) is 3. The third-order valence-corrected chi connectivity index (χ3v) is 6.22. The maximum Gasteiger partial charge on any atom is 0.416 e. The summed E-state index contributed by atoms with van der Waals surface area (Å²) in [6.45, 7) is 3.53. The number of hydrogen-bond donors (Lipinski definition) is 1. The third-order valence-electron chi connectivity index (χ3n) is 6.22. The lowest BCUT2D eigenvalue weighted by Gasteiger charge is -2.21. The summed E-state index contributed by atoms with van der Waals surface area (Å²) in [4.78, 5) is 30.1. The molecule has 1 unspecified atom stereocenters. The van der Waals surface area contributed by atoms with Gasteiger partial charge < -0.3 is 9.88 Å². The van der Waals surface area contributed by atoms with Crippen LogP contribution in [0.15, 0.2) is 36.4 Å². The molecule has 192 valence electrons. The van der Waals surface area contributed by atoms with Crippen LogP contribution in [0.5, 0.6) is 0 Å². The molecule has 1 aromatic carbocycles. The van der Waals surface area contributed by atoms with E-state index in [0.717, 1.165) is 25.0 Å². The molecule has 4 rings (SSSR count). The average molecular weight is 511 g/mol. The molecule has 1 aliphatic carbocycles. The average Bonchev–Trinajstić information content (AvgIpc) is 3.53. The van der Waals surface area contributed by atoms with E-state index in [9.17, 15) is 35.9 Å². The Hall–Kier alpha value is -3.37. The first-order valence-corrected chi connectivity index (χ1v) is 11.4. The SMILES string of the molecule is CCn1c(C(=O)CC(c2cccc(C(F)(F)F)c2)C(F)(F)F)cc2cc(C(=O)NC3CC3)c(C)nc21. The highest BCUT2D eigenvalue weighted by Crippen LogP contribution is 2.40. The molecular weight excluding hydrogens is 488 g/mol. The Morgan fingerprint density at radius 1 is 1.11 bits per heavy atom. The van der Waals surface area contributed by atoms with Gasteiger partial charge in [-0.25, -0.2) is 4.98 Å². The summed E-state index contributed by atoms with van der Waals surface area (Å²) >= 11 is 0. The van der Waals surface area contributed by atoms with Gasteiger partial charge in [-0.05, 0) is 50.5 Å². The molecule has 1 fully saturated rings. The van der Waals surface area contributed by atoms with Crippen molar-refractivity contribution in [3.63, 3.8) is 0 Å². The molecule has 11 heteroatoms. The number of Topliss-reactive ketones (excluding diaryl/α,β-unsaturated/α-hetero) is 1. The van der Waals surface area contributed by atoms with E-state index in [0.29, 0.717) is 34.4 Å². The van der Waals surface area contributed by atoms with Crippen LogP contribution >= 0.6 is 0 Å². The summed E-state index contributed by atoms with van der Waals surface area (Å²) < 4.78 is 82.4. The number of carbonyl (C=O) groups is 2. The smallest absolute Gasteiger partial charge is 0.349 e. The number of fused-ring (bicyclic) bond motifs is 1. The molecular formula is C25H23F6N3O2. The lowest BCUT2D eigenvalue weighted by atomic mass is 9.91. The van der Waals surface area contributed by atoms with Gasteiger partial charge in [-0.2, -0.15) is 26.3 Å². The maximum absolute atomic E-state index is 13.9. The van der Waals surface area contributed by atoms with Gasteiger partial charge >= 0.3 is 12.4 Å². The predicted octanol–water partition coefficient (Wildman–Crippen LogP) is 6.19. The van der Waals surface area contributed by atoms with Crippen molar-refractivity contribution in [2.24, 2.45) is 0 Å². The number of aromatic nitrogens is 2. The van der Waals surface area contributed by atoms with E-state index in [1.807, 2.05) is 0 Å². The first kappa shape index (κ1) is 25.7. The topological polar surface area (TPSA) is 64.0 Å². The Morgan fingerprint density at radius 3 is 2.39 bits per heavy atom. The lowest BCUT2D eigenvalue weighted by molar-refractivity contribution is -0.150. The quantitative estimate of drug-likeness (QED) is 0.304. The maximum atomic E-state index is 13.9. The monoisotopic (exact) mass is 511 g/mol. The molecule has 0 bridgehead atoms. The Morgan fingerprint density at radius 2 is 1.81 bits per heavy atom. The molecule has 0 saturated heterocycles. The van der Waals surface area contributed by atoms with Gasteiger partial charge in [0.05, 0.1) is 28.4 Å². The van der Waals surface area contributed by atoms with Crippen molar-refractivity contribution in [1.82, 2.24) is 14.9 Å². The highest BCUT2D eigenvalue weighted by atomic mass is 19.4. The number of benzene rings is 1. The summed E-state index contributed by atoms with van der Waals surface area (Å²) in [6.07, 6.45) is -9.08. The van der Waals surface area contributed by atoms with E-state index in [-0.39, 0.29) is 24.2 Å². The van der Waals surface area contributed by atoms with Crippen LogP contribution in [0, 0.1) is 6.92 Å². The summed E-state index contributed by atoms with van der Waals surface area (Å²) in [5.41, 5.74) is -0.869. The minimum Gasteiger partial charge on any atom is -0.349 e. The van der Waals surface area contributed by atoms with Crippen LogP contribution in [0.25, 0.3) is 11.0 Å². The number of rotatable bonds is 7. The zero-order chi connectivity index (χ0) is 26.4. The Labute approximate surface area is 202 Å². The first-order chi connectivity index (χ1) is 16.8.